The third kappa shape index (κ3) is 2.99. The van der Waals surface area contributed by atoms with Crippen molar-refractivity contribution in [2.75, 3.05) is 0 Å². The number of nitrogens with two attached hydrogens (primary N) is 2. The molecule has 5 nitrogen and oxygen atoms in total. The highest BCUT2D eigenvalue weighted by Crippen LogP contribution is 2.23. The summed E-state index contributed by atoms with van der Waals surface area (Å²) < 4.78 is 13.8. The molecule has 0 aliphatic heterocycles. The molecule has 0 saturated heterocycles. The summed E-state index contributed by atoms with van der Waals surface area (Å²) in [5.41, 5.74) is 10.7. The van der Waals surface area contributed by atoms with Crippen molar-refractivity contribution in [2.24, 2.45) is 11.6 Å². The van der Waals surface area contributed by atoms with Crippen LogP contribution in [0.25, 0.3) is 16.8 Å². The average Bonchev–Trinajstić information content (AvgIpc) is 2.48. The average molecular weight is 283 g/mol. The van der Waals surface area contributed by atoms with Gasteiger partial charge in [-0.3, -0.25) is 0 Å². The molecule has 0 bridgehead atoms. The molecule has 0 aliphatic carbocycles. The normalized spacial score (nSPS) is 11.5. The van der Waals surface area contributed by atoms with Crippen molar-refractivity contribution < 1.29 is 4.39 Å². The first kappa shape index (κ1) is 14.5. The van der Waals surface area contributed by atoms with Crippen LogP contribution in [0.15, 0.2) is 42.1 Å². The van der Waals surface area contributed by atoms with Crippen LogP contribution in [0.3, 0.4) is 0 Å². The Morgan fingerprint density at radius 3 is 2.43 bits per heavy atom. The van der Waals surface area contributed by atoms with Gasteiger partial charge in [-0.1, -0.05) is 24.3 Å². The predicted molar refractivity (Wildman–Crippen MR) is 78.4 cm³/mol. The molecule has 6 heteroatoms. The molecule has 0 saturated carbocycles. The molecule has 2 rings (SSSR count). The van der Waals surface area contributed by atoms with Crippen LogP contribution in [0, 0.1) is 24.2 Å². The van der Waals surface area contributed by atoms with Gasteiger partial charge < -0.3 is 11.2 Å². The number of nitriles is 1. The quantitative estimate of drug-likeness (QED) is 0.345. The van der Waals surface area contributed by atoms with E-state index in [1.165, 1.54) is 0 Å². The van der Waals surface area contributed by atoms with Crippen molar-refractivity contribution >= 4 is 5.70 Å². The van der Waals surface area contributed by atoms with Crippen molar-refractivity contribution in [2.45, 2.75) is 6.92 Å². The molecule has 0 atom stereocenters. The Labute approximate surface area is 121 Å². The number of hydrazine groups is 1. The summed E-state index contributed by atoms with van der Waals surface area (Å²) in [6, 6.07) is 12.1. The van der Waals surface area contributed by atoms with Crippen LogP contribution in [0.5, 0.6) is 0 Å². The molecule has 2 aromatic rings. The summed E-state index contributed by atoms with van der Waals surface area (Å²) >= 11 is 0. The van der Waals surface area contributed by atoms with E-state index >= 15 is 0 Å². The van der Waals surface area contributed by atoms with Crippen LogP contribution in [-0.4, -0.2) is 4.98 Å². The highest BCUT2D eigenvalue weighted by molar-refractivity contribution is 5.72. The zero-order valence-electron chi connectivity index (χ0n) is 11.4. The summed E-state index contributed by atoms with van der Waals surface area (Å²) in [4.78, 5) is 3.79. The van der Waals surface area contributed by atoms with Gasteiger partial charge in [0.05, 0.1) is 5.70 Å². The molecule has 21 heavy (non-hydrogen) atoms. The zero-order valence-corrected chi connectivity index (χ0v) is 11.4. The number of benzene rings is 1. The molecule has 5 N–H and O–H groups in total. The van der Waals surface area contributed by atoms with Crippen LogP contribution in [0.2, 0.25) is 0 Å². The number of hydrogen-bond donors (Lipinski definition) is 3. The van der Waals surface area contributed by atoms with Crippen molar-refractivity contribution in [3.8, 4) is 17.2 Å². The monoisotopic (exact) mass is 283 g/mol. The maximum atomic E-state index is 13.8. The Kier molecular flexibility index (Phi) is 4.16. The van der Waals surface area contributed by atoms with Crippen LogP contribution >= 0.6 is 0 Å². The van der Waals surface area contributed by atoms with E-state index in [2.05, 4.69) is 10.4 Å². The Hall–Kier alpha value is -2.91. The lowest BCUT2D eigenvalue weighted by Gasteiger charge is -2.07. The fraction of sp³-hybridized carbons (Fsp3) is 0.0667. The van der Waals surface area contributed by atoms with Crippen molar-refractivity contribution in [3.63, 3.8) is 0 Å². The first-order chi connectivity index (χ1) is 10.1. The van der Waals surface area contributed by atoms with Gasteiger partial charge in [0, 0.05) is 16.8 Å². The van der Waals surface area contributed by atoms with E-state index in [1.807, 2.05) is 6.07 Å². The van der Waals surface area contributed by atoms with Crippen molar-refractivity contribution in [1.82, 2.24) is 10.4 Å². The van der Waals surface area contributed by atoms with Crippen molar-refractivity contribution in [1.29, 1.82) is 5.26 Å². The largest absolute Gasteiger partial charge is 0.396 e. The van der Waals surface area contributed by atoms with E-state index in [-0.39, 0.29) is 11.4 Å². The molecule has 0 spiro atoms. The minimum Gasteiger partial charge on any atom is -0.396 e. The molecular formula is C15H14FN5. The molecule has 0 amide bonds. The minimum atomic E-state index is -0.521. The predicted octanol–water partition coefficient (Wildman–Crippen LogP) is 1.81. The number of halogens is 1. The molecule has 1 aromatic heterocycles. The first-order valence-corrected chi connectivity index (χ1v) is 6.17. The van der Waals surface area contributed by atoms with E-state index in [0.29, 0.717) is 22.4 Å². The van der Waals surface area contributed by atoms with Gasteiger partial charge in [-0.05, 0) is 24.6 Å². The van der Waals surface area contributed by atoms with Gasteiger partial charge in [-0.25, -0.2) is 10.8 Å². The number of aromatic nitrogens is 1. The Morgan fingerprint density at radius 1 is 1.24 bits per heavy atom. The van der Waals surface area contributed by atoms with Gasteiger partial charge in [-0.2, -0.15) is 9.65 Å². The van der Waals surface area contributed by atoms with Gasteiger partial charge in [0.2, 0.25) is 5.95 Å². The second-order valence-corrected chi connectivity index (χ2v) is 4.41. The highest BCUT2D eigenvalue weighted by Gasteiger charge is 2.08. The first-order valence-electron chi connectivity index (χ1n) is 6.17. The SMILES string of the molecule is Cc1ccc(-c2ccc(/C(N)=C(\C#N)NN)cc2)c(F)n1. The lowest BCUT2D eigenvalue weighted by molar-refractivity contribution is 0.584. The summed E-state index contributed by atoms with van der Waals surface area (Å²) in [6.45, 7) is 1.73. The standard InChI is InChI=1S/C15H14FN5/c1-9-2-7-12(15(16)20-9)10-3-5-11(6-4-10)14(18)13(8-17)21-19/h2-7,21H,18-19H2,1H3/b14-13-. The van der Waals surface area contributed by atoms with E-state index in [0.717, 1.165) is 0 Å². The maximum Gasteiger partial charge on any atom is 0.220 e. The number of pyridine rings is 1. The molecular weight excluding hydrogens is 269 g/mol. The van der Waals surface area contributed by atoms with E-state index in [1.54, 1.807) is 43.3 Å². The summed E-state index contributed by atoms with van der Waals surface area (Å²) in [7, 11) is 0. The minimum absolute atomic E-state index is 0.0749. The molecule has 106 valence electrons. The summed E-state index contributed by atoms with van der Waals surface area (Å²) in [5, 5.41) is 8.86. The number of hydrogen-bond acceptors (Lipinski definition) is 5. The maximum absolute atomic E-state index is 13.8. The number of allylic oxidation sites excluding steroid dienone is 1. The lowest BCUT2D eigenvalue weighted by atomic mass is 10.0. The summed E-state index contributed by atoms with van der Waals surface area (Å²) in [6.07, 6.45) is 0. The van der Waals surface area contributed by atoms with Gasteiger partial charge in [-0.15, -0.1) is 0 Å². The molecule has 1 heterocycles. The third-order valence-corrected chi connectivity index (χ3v) is 3.02. The van der Waals surface area contributed by atoms with E-state index in [4.69, 9.17) is 16.8 Å². The highest BCUT2D eigenvalue weighted by atomic mass is 19.1. The Bertz CT molecular complexity index is 729. The molecule has 0 aliphatic rings. The third-order valence-electron chi connectivity index (χ3n) is 3.02. The molecule has 0 unspecified atom stereocenters. The number of nitrogens with one attached hydrogen (secondary N) is 1. The van der Waals surface area contributed by atoms with Crippen LogP contribution in [-0.2, 0) is 0 Å². The summed E-state index contributed by atoms with van der Waals surface area (Å²) in [5.74, 6) is 4.69. The smallest absolute Gasteiger partial charge is 0.220 e. The van der Waals surface area contributed by atoms with Gasteiger partial charge in [0.15, 0.2) is 5.70 Å². The molecule has 1 aromatic carbocycles. The van der Waals surface area contributed by atoms with Crippen LogP contribution in [0.1, 0.15) is 11.3 Å². The number of nitrogens with zero attached hydrogens (tertiary/aromatic N) is 2. The lowest BCUT2D eigenvalue weighted by Crippen LogP contribution is -2.23. The fourth-order valence-corrected chi connectivity index (χ4v) is 1.88. The fourth-order valence-electron chi connectivity index (χ4n) is 1.88. The number of rotatable bonds is 3. The Balaban J connectivity index is 2.40. The molecule has 0 fully saturated rings. The Morgan fingerprint density at radius 2 is 1.90 bits per heavy atom. The van der Waals surface area contributed by atoms with E-state index in [9.17, 15) is 4.39 Å². The van der Waals surface area contributed by atoms with Crippen molar-refractivity contribution in [3.05, 3.63) is 59.3 Å². The second-order valence-electron chi connectivity index (χ2n) is 4.41. The van der Waals surface area contributed by atoms with Gasteiger partial charge in [0.25, 0.3) is 0 Å². The topological polar surface area (TPSA) is 101 Å². The number of aryl methyl sites for hydroxylation is 1. The van der Waals surface area contributed by atoms with E-state index < -0.39 is 5.95 Å². The zero-order chi connectivity index (χ0) is 15.4. The van der Waals surface area contributed by atoms with Gasteiger partial charge in [0.1, 0.15) is 6.07 Å². The van der Waals surface area contributed by atoms with Crippen LogP contribution < -0.4 is 17.0 Å². The van der Waals surface area contributed by atoms with Crippen LogP contribution in [0.4, 0.5) is 4.39 Å². The molecule has 0 radical (unpaired) electrons. The second kappa shape index (κ2) is 6.03. The van der Waals surface area contributed by atoms with Gasteiger partial charge >= 0.3 is 0 Å².